The number of hydrogen-bond acceptors (Lipinski definition) is 4. The average molecular weight is 308 g/mol. The Bertz CT molecular complexity index is 763. The van der Waals surface area contributed by atoms with Gasteiger partial charge in [-0.15, -0.1) is 5.10 Å². The third kappa shape index (κ3) is 3.34. The van der Waals surface area contributed by atoms with Gasteiger partial charge in [0, 0.05) is 19.7 Å². The fourth-order valence-corrected chi connectivity index (χ4v) is 2.34. The van der Waals surface area contributed by atoms with Gasteiger partial charge in [-0.05, 0) is 29.8 Å². The predicted octanol–water partition coefficient (Wildman–Crippen LogP) is 3.07. The zero-order valence-electron chi connectivity index (χ0n) is 13.6. The normalized spacial score (nSPS) is 10.6. The van der Waals surface area contributed by atoms with Gasteiger partial charge < -0.3 is 9.64 Å². The Hall–Kier alpha value is -2.82. The fraction of sp³-hybridized carbons (Fsp3) is 0.222. The average Bonchev–Trinajstić information content (AvgIpc) is 3.00. The zero-order valence-corrected chi connectivity index (χ0v) is 13.6. The number of rotatable bonds is 5. The predicted molar refractivity (Wildman–Crippen MR) is 91.9 cm³/mol. The summed E-state index contributed by atoms with van der Waals surface area (Å²) in [6.07, 6.45) is 0. The van der Waals surface area contributed by atoms with Crippen LogP contribution in [-0.4, -0.2) is 36.0 Å². The second kappa shape index (κ2) is 6.52. The lowest BCUT2D eigenvalue weighted by molar-refractivity contribution is 0.415. The summed E-state index contributed by atoms with van der Waals surface area (Å²) < 4.78 is 7.16. The molecule has 0 bridgehead atoms. The number of methoxy groups -OCH3 is 1. The zero-order chi connectivity index (χ0) is 16.2. The van der Waals surface area contributed by atoms with Gasteiger partial charge in [0.15, 0.2) is 5.82 Å². The maximum atomic E-state index is 5.22. The van der Waals surface area contributed by atoms with Crippen molar-refractivity contribution in [2.45, 2.75) is 6.54 Å². The van der Waals surface area contributed by atoms with Gasteiger partial charge in [-0.2, -0.15) is 4.98 Å². The standard InChI is InChI=1S/C18H20N4O/c1-21(2)18-19-17(15-9-11-16(23-3)12-10-15)22(20-18)13-14-7-5-4-6-8-14/h4-12H,13H2,1-3H3. The number of anilines is 1. The Morgan fingerprint density at radius 2 is 1.70 bits per heavy atom. The van der Waals surface area contributed by atoms with E-state index in [1.807, 2.05) is 66.1 Å². The van der Waals surface area contributed by atoms with Gasteiger partial charge in [0.2, 0.25) is 5.95 Å². The molecule has 5 nitrogen and oxygen atoms in total. The largest absolute Gasteiger partial charge is 0.497 e. The lowest BCUT2D eigenvalue weighted by Gasteiger charge is -2.07. The molecule has 0 spiro atoms. The van der Waals surface area contributed by atoms with E-state index >= 15 is 0 Å². The summed E-state index contributed by atoms with van der Waals surface area (Å²) in [5.41, 5.74) is 2.21. The van der Waals surface area contributed by atoms with Crippen LogP contribution in [0.2, 0.25) is 0 Å². The molecule has 0 saturated carbocycles. The van der Waals surface area contributed by atoms with Crippen molar-refractivity contribution in [3.8, 4) is 17.1 Å². The van der Waals surface area contributed by atoms with E-state index in [4.69, 9.17) is 4.74 Å². The van der Waals surface area contributed by atoms with E-state index in [2.05, 4.69) is 22.2 Å². The molecule has 23 heavy (non-hydrogen) atoms. The first-order chi connectivity index (χ1) is 11.2. The topological polar surface area (TPSA) is 43.2 Å². The smallest absolute Gasteiger partial charge is 0.244 e. The van der Waals surface area contributed by atoms with E-state index in [-0.39, 0.29) is 0 Å². The van der Waals surface area contributed by atoms with Crippen LogP contribution in [0.5, 0.6) is 5.75 Å². The third-order valence-corrected chi connectivity index (χ3v) is 3.58. The maximum absolute atomic E-state index is 5.22. The van der Waals surface area contributed by atoms with Crippen LogP contribution in [0.25, 0.3) is 11.4 Å². The molecule has 3 rings (SSSR count). The number of ether oxygens (including phenoxy) is 1. The number of nitrogens with zero attached hydrogens (tertiary/aromatic N) is 4. The Morgan fingerprint density at radius 1 is 1.00 bits per heavy atom. The maximum Gasteiger partial charge on any atom is 0.244 e. The summed E-state index contributed by atoms with van der Waals surface area (Å²) in [6.45, 7) is 0.684. The fourth-order valence-electron chi connectivity index (χ4n) is 2.34. The quantitative estimate of drug-likeness (QED) is 0.726. The molecule has 0 unspecified atom stereocenters. The van der Waals surface area contributed by atoms with Gasteiger partial charge >= 0.3 is 0 Å². The van der Waals surface area contributed by atoms with Crippen molar-refractivity contribution >= 4 is 5.95 Å². The molecule has 2 aromatic carbocycles. The molecule has 0 radical (unpaired) electrons. The van der Waals surface area contributed by atoms with E-state index in [0.29, 0.717) is 12.5 Å². The molecular weight excluding hydrogens is 288 g/mol. The minimum Gasteiger partial charge on any atom is -0.497 e. The minimum atomic E-state index is 0.684. The highest BCUT2D eigenvalue weighted by Crippen LogP contribution is 2.23. The molecule has 0 saturated heterocycles. The lowest BCUT2D eigenvalue weighted by atomic mass is 10.2. The molecule has 0 aliphatic rings. The van der Waals surface area contributed by atoms with Gasteiger partial charge in [-0.1, -0.05) is 30.3 Å². The van der Waals surface area contributed by atoms with E-state index in [9.17, 15) is 0 Å². The van der Waals surface area contributed by atoms with Crippen molar-refractivity contribution in [2.75, 3.05) is 26.1 Å². The van der Waals surface area contributed by atoms with Crippen molar-refractivity contribution in [1.29, 1.82) is 0 Å². The Morgan fingerprint density at radius 3 is 2.30 bits per heavy atom. The molecule has 0 N–H and O–H groups in total. The molecule has 0 aliphatic carbocycles. The summed E-state index contributed by atoms with van der Waals surface area (Å²) in [5, 5.41) is 4.62. The Labute approximate surface area is 136 Å². The highest BCUT2D eigenvalue weighted by atomic mass is 16.5. The second-order valence-corrected chi connectivity index (χ2v) is 5.50. The first-order valence-electron chi connectivity index (χ1n) is 7.48. The van der Waals surface area contributed by atoms with E-state index in [0.717, 1.165) is 17.1 Å². The van der Waals surface area contributed by atoms with E-state index < -0.39 is 0 Å². The first-order valence-corrected chi connectivity index (χ1v) is 7.48. The summed E-state index contributed by atoms with van der Waals surface area (Å²) >= 11 is 0. The molecule has 1 heterocycles. The third-order valence-electron chi connectivity index (χ3n) is 3.58. The van der Waals surface area contributed by atoms with Crippen LogP contribution in [0, 0.1) is 0 Å². The molecular formula is C18H20N4O. The second-order valence-electron chi connectivity index (χ2n) is 5.50. The van der Waals surface area contributed by atoms with Crippen molar-refractivity contribution in [1.82, 2.24) is 14.8 Å². The SMILES string of the molecule is COc1ccc(-c2nc(N(C)C)nn2Cc2ccccc2)cc1. The van der Waals surface area contributed by atoms with Crippen LogP contribution in [0.15, 0.2) is 54.6 Å². The van der Waals surface area contributed by atoms with E-state index in [1.165, 1.54) is 5.56 Å². The van der Waals surface area contributed by atoms with Crippen LogP contribution in [0.1, 0.15) is 5.56 Å². The number of benzene rings is 2. The molecule has 0 atom stereocenters. The molecule has 5 heteroatoms. The molecule has 0 aliphatic heterocycles. The van der Waals surface area contributed by atoms with Gasteiger partial charge in [0.05, 0.1) is 13.7 Å². The number of hydrogen-bond donors (Lipinski definition) is 0. The van der Waals surface area contributed by atoms with Crippen LogP contribution in [0.3, 0.4) is 0 Å². The summed E-state index contributed by atoms with van der Waals surface area (Å²) in [6, 6.07) is 18.1. The van der Waals surface area contributed by atoms with Gasteiger partial charge in [0.1, 0.15) is 5.75 Å². The van der Waals surface area contributed by atoms with Crippen molar-refractivity contribution in [2.24, 2.45) is 0 Å². The summed E-state index contributed by atoms with van der Waals surface area (Å²) in [7, 11) is 5.55. The van der Waals surface area contributed by atoms with Crippen LogP contribution in [0.4, 0.5) is 5.95 Å². The monoisotopic (exact) mass is 308 g/mol. The highest BCUT2D eigenvalue weighted by Gasteiger charge is 2.13. The lowest BCUT2D eigenvalue weighted by Crippen LogP contribution is -2.11. The van der Waals surface area contributed by atoms with Gasteiger partial charge in [-0.3, -0.25) is 0 Å². The first kappa shape index (κ1) is 15.1. The van der Waals surface area contributed by atoms with Gasteiger partial charge in [0.25, 0.3) is 0 Å². The highest BCUT2D eigenvalue weighted by molar-refractivity contribution is 5.58. The number of aromatic nitrogens is 3. The van der Waals surface area contributed by atoms with Crippen LogP contribution < -0.4 is 9.64 Å². The van der Waals surface area contributed by atoms with E-state index in [1.54, 1.807) is 7.11 Å². The van der Waals surface area contributed by atoms with Crippen molar-refractivity contribution in [3.63, 3.8) is 0 Å². The molecule has 118 valence electrons. The van der Waals surface area contributed by atoms with Crippen molar-refractivity contribution in [3.05, 3.63) is 60.2 Å². The minimum absolute atomic E-state index is 0.684. The van der Waals surface area contributed by atoms with Crippen molar-refractivity contribution < 1.29 is 4.74 Å². The molecule has 1 aromatic heterocycles. The van der Waals surface area contributed by atoms with Gasteiger partial charge in [-0.25, -0.2) is 4.68 Å². The molecule has 0 fully saturated rings. The Balaban J connectivity index is 2.00. The van der Waals surface area contributed by atoms with Crippen LogP contribution >= 0.6 is 0 Å². The summed E-state index contributed by atoms with van der Waals surface area (Å²) in [5.74, 6) is 2.38. The Kier molecular flexibility index (Phi) is 4.28. The summed E-state index contributed by atoms with van der Waals surface area (Å²) in [4.78, 5) is 6.58. The van der Waals surface area contributed by atoms with Crippen LogP contribution in [-0.2, 0) is 6.54 Å². The molecule has 0 amide bonds. The molecule has 3 aromatic rings.